The van der Waals surface area contributed by atoms with Crippen molar-refractivity contribution in [3.8, 4) is 0 Å². The van der Waals surface area contributed by atoms with Crippen molar-refractivity contribution >= 4 is 11.8 Å². The van der Waals surface area contributed by atoms with Gasteiger partial charge in [0.25, 0.3) is 0 Å². The third-order valence-corrected chi connectivity index (χ3v) is 4.26. The number of hydrazine groups is 1. The molecule has 0 spiro atoms. The third-order valence-electron chi connectivity index (χ3n) is 3.45. The third kappa shape index (κ3) is 3.39. The maximum absolute atomic E-state index is 13.4. The van der Waals surface area contributed by atoms with Gasteiger partial charge in [-0.1, -0.05) is 24.3 Å². The summed E-state index contributed by atoms with van der Waals surface area (Å²) in [5.41, 5.74) is 6.05. The van der Waals surface area contributed by atoms with E-state index in [0.29, 0.717) is 6.42 Å². The number of nitrogens with two attached hydrogens (primary N) is 1. The van der Waals surface area contributed by atoms with Gasteiger partial charge in [0.2, 0.25) is 0 Å². The van der Waals surface area contributed by atoms with Gasteiger partial charge >= 0.3 is 0 Å². The molecule has 0 saturated heterocycles. The zero-order valence-corrected chi connectivity index (χ0v) is 12.5. The Morgan fingerprint density at radius 1 is 1.25 bits per heavy atom. The van der Waals surface area contributed by atoms with Crippen LogP contribution in [-0.2, 0) is 6.42 Å². The molecule has 0 fully saturated rings. The zero-order chi connectivity index (χ0) is 14.5. The predicted octanol–water partition coefficient (Wildman–Crippen LogP) is 3.60. The van der Waals surface area contributed by atoms with Gasteiger partial charge in [-0.15, -0.1) is 11.8 Å². The average Bonchev–Trinajstić information content (AvgIpc) is 2.48. The highest BCUT2D eigenvalue weighted by Gasteiger charge is 2.15. The highest BCUT2D eigenvalue weighted by atomic mass is 32.2. The Bertz CT molecular complexity index is 586. The summed E-state index contributed by atoms with van der Waals surface area (Å²) in [6.45, 7) is 1.99. The van der Waals surface area contributed by atoms with E-state index in [-0.39, 0.29) is 11.9 Å². The minimum absolute atomic E-state index is 0.0286. The van der Waals surface area contributed by atoms with Crippen LogP contribution in [0.25, 0.3) is 0 Å². The summed E-state index contributed by atoms with van der Waals surface area (Å²) < 4.78 is 13.4. The lowest BCUT2D eigenvalue weighted by Gasteiger charge is -2.20. The van der Waals surface area contributed by atoms with Crippen LogP contribution in [0.3, 0.4) is 0 Å². The molecule has 0 radical (unpaired) electrons. The Labute approximate surface area is 123 Å². The molecule has 1 unspecified atom stereocenters. The summed E-state index contributed by atoms with van der Waals surface area (Å²) >= 11 is 1.69. The lowest BCUT2D eigenvalue weighted by atomic mass is 9.96. The molecule has 20 heavy (non-hydrogen) atoms. The average molecular weight is 290 g/mol. The van der Waals surface area contributed by atoms with Crippen LogP contribution in [0.5, 0.6) is 0 Å². The maximum Gasteiger partial charge on any atom is 0.123 e. The molecule has 0 heterocycles. The van der Waals surface area contributed by atoms with Crippen LogP contribution in [0.1, 0.15) is 22.7 Å². The van der Waals surface area contributed by atoms with Gasteiger partial charge in [-0.05, 0) is 54.5 Å². The molecule has 0 aliphatic rings. The van der Waals surface area contributed by atoms with Gasteiger partial charge in [0.05, 0.1) is 6.04 Å². The molecule has 0 aliphatic heterocycles. The number of thioether (sulfide) groups is 1. The van der Waals surface area contributed by atoms with E-state index in [4.69, 9.17) is 5.84 Å². The van der Waals surface area contributed by atoms with Gasteiger partial charge in [-0.2, -0.15) is 0 Å². The lowest BCUT2D eigenvalue weighted by molar-refractivity contribution is 0.540. The van der Waals surface area contributed by atoms with Gasteiger partial charge in [0.1, 0.15) is 5.82 Å². The number of aryl methyl sites for hydroxylation is 1. The van der Waals surface area contributed by atoms with Gasteiger partial charge < -0.3 is 0 Å². The first-order valence-corrected chi connectivity index (χ1v) is 7.72. The number of hydrogen-bond donors (Lipinski definition) is 2. The number of halogens is 1. The van der Waals surface area contributed by atoms with Crippen LogP contribution in [0.4, 0.5) is 4.39 Å². The minimum Gasteiger partial charge on any atom is -0.271 e. The Hall–Kier alpha value is -1.36. The second-order valence-electron chi connectivity index (χ2n) is 4.74. The largest absolute Gasteiger partial charge is 0.271 e. The molecule has 4 heteroatoms. The fraction of sp³-hybridized carbons (Fsp3) is 0.250. The van der Waals surface area contributed by atoms with E-state index in [2.05, 4.69) is 17.6 Å². The zero-order valence-electron chi connectivity index (χ0n) is 11.7. The highest BCUT2D eigenvalue weighted by Crippen LogP contribution is 2.28. The van der Waals surface area contributed by atoms with Crippen molar-refractivity contribution in [3.63, 3.8) is 0 Å². The van der Waals surface area contributed by atoms with Gasteiger partial charge in [-0.25, -0.2) is 4.39 Å². The van der Waals surface area contributed by atoms with Crippen molar-refractivity contribution < 1.29 is 4.39 Å². The molecule has 0 saturated carbocycles. The van der Waals surface area contributed by atoms with E-state index in [9.17, 15) is 4.39 Å². The van der Waals surface area contributed by atoms with Crippen molar-refractivity contribution in [3.05, 3.63) is 65.0 Å². The number of hydrogen-bond acceptors (Lipinski definition) is 3. The molecule has 2 nitrogen and oxygen atoms in total. The van der Waals surface area contributed by atoms with E-state index < -0.39 is 0 Å². The lowest BCUT2D eigenvalue weighted by Crippen LogP contribution is -2.30. The normalized spacial score (nSPS) is 12.4. The van der Waals surface area contributed by atoms with Crippen LogP contribution < -0.4 is 11.3 Å². The summed E-state index contributed by atoms with van der Waals surface area (Å²) in [6, 6.07) is 13.0. The first-order valence-electron chi connectivity index (χ1n) is 6.49. The summed E-state index contributed by atoms with van der Waals surface area (Å²) in [4.78, 5) is 1.18. The summed E-state index contributed by atoms with van der Waals surface area (Å²) in [5.74, 6) is 5.50. The quantitative estimate of drug-likeness (QED) is 0.502. The molecule has 0 bridgehead atoms. The van der Waals surface area contributed by atoms with E-state index in [1.165, 1.54) is 11.0 Å². The smallest absolute Gasteiger partial charge is 0.123 e. The van der Waals surface area contributed by atoms with E-state index in [0.717, 1.165) is 16.7 Å². The van der Waals surface area contributed by atoms with Crippen molar-refractivity contribution in [2.75, 3.05) is 6.26 Å². The van der Waals surface area contributed by atoms with Crippen LogP contribution >= 0.6 is 11.8 Å². The van der Waals surface area contributed by atoms with Crippen molar-refractivity contribution in [1.29, 1.82) is 0 Å². The molecular formula is C16H19FN2S. The van der Waals surface area contributed by atoms with E-state index in [1.54, 1.807) is 23.9 Å². The van der Waals surface area contributed by atoms with Crippen molar-refractivity contribution in [1.82, 2.24) is 5.43 Å². The summed E-state index contributed by atoms with van der Waals surface area (Å²) in [5, 5.41) is 0. The first kappa shape index (κ1) is 15.0. The minimum atomic E-state index is -0.209. The van der Waals surface area contributed by atoms with Crippen LogP contribution in [0, 0.1) is 12.7 Å². The fourth-order valence-electron chi connectivity index (χ4n) is 2.29. The molecular weight excluding hydrogens is 271 g/mol. The first-order chi connectivity index (χ1) is 9.65. The van der Waals surface area contributed by atoms with Crippen LogP contribution in [0.15, 0.2) is 47.4 Å². The number of benzene rings is 2. The molecule has 0 amide bonds. The van der Waals surface area contributed by atoms with Crippen molar-refractivity contribution in [2.45, 2.75) is 24.3 Å². The molecule has 106 valence electrons. The highest BCUT2D eigenvalue weighted by molar-refractivity contribution is 7.98. The molecule has 2 rings (SSSR count). The van der Waals surface area contributed by atoms with E-state index in [1.807, 2.05) is 25.3 Å². The van der Waals surface area contributed by atoms with Gasteiger partial charge in [0, 0.05) is 4.90 Å². The Morgan fingerprint density at radius 2 is 2.00 bits per heavy atom. The molecule has 1 atom stereocenters. The Balaban J connectivity index is 2.31. The Kier molecular flexibility index (Phi) is 5.17. The molecule has 2 aromatic rings. The molecule has 0 aromatic heterocycles. The SMILES string of the molecule is CSc1ccccc1C(Cc1cc(F)ccc1C)NN. The Morgan fingerprint density at radius 3 is 2.70 bits per heavy atom. The molecule has 2 aromatic carbocycles. The van der Waals surface area contributed by atoms with Crippen molar-refractivity contribution in [2.24, 2.45) is 5.84 Å². The monoisotopic (exact) mass is 290 g/mol. The summed E-state index contributed by atoms with van der Waals surface area (Å²) in [6.07, 6.45) is 2.71. The standard InChI is InChI=1S/C16H19FN2S/c1-11-7-8-13(17)9-12(11)10-15(19-18)14-5-3-4-6-16(14)20-2/h3-9,15,19H,10,18H2,1-2H3. The molecule has 0 aliphatic carbocycles. The maximum atomic E-state index is 13.4. The van der Waals surface area contributed by atoms with Crippen LogP contribution in [-0.4, -0.2) is 6.26 Å². The number of nitrogens with one attached hydrogen (secondary N) is 1. The van der Waals surface area contributed by atoms with E-state index >= 15 is 0 Å². The van der Waals surface area contributed by atoms with Gasteiger partial charge in [-0.3, -0.25) is 11.3 Å². The number of rotatable bonds is 5. The second kappa shape index (κ2) is 6.88. The fourth-order valence-corrected chi connectivity index (χ4v) is 2.95. The van der Waals surface area contributed by atoms with Crippen LogP contribution in [0.2, 0.25) is 0 Å². The second-order valence-corrected chi connectivity index (χ2v) is 5.58. The predicted molar refractivity (Wildman–Crippen MR) is 83.1 cm³/mol. The van der Waals surface area contributed by atoms with Gasteiger partial charge in [0.15, 0.2) is 0 Å². The summed E-state index contributed by atoms with van der Waals surface area (Å²) in [7, 11) is 0. The molecule has 3 N–H and O–H groups in total. The topological polar surface area (TPSA) is 38.0 Å².